The Bertz CT molecular complexity index is 835. The highest BCUT2D eigenvalue weighted by Gasteiger charge is 2.09. The number of hydrogen-bond acceptors (Lipinski definition) is 3. The molecule has 0 bridgehead atoms. The van der Waals surface area contributed by atoms with E-state index in [0.29, 0.717) is 22.1 Å². The molecule has 0 amide bonds. The topological polar surface area (TPSA) is 48.1 Å². The number of nitrogens with zero attached hydrogens (tertiary/aromatic N) is 1. The number of rotatable bonds is 3. The van der Waals surface area contributed by atoms with Crippen molar-refractivity contribution in [3.05, 3.63) is 65.3 Å². The van der Waals surface area contributed by atoms with Gasteiger partial charge >= 0.3 is 0 Å². The SMILES string of the molecule is NC(=S)c1ccc(Cl)cc1Oc1ccc2cccnc2c1. The molecule has 0 aliphatic rings. The van der Waals surface area contributed by atoms with Crippen molar-refractivity contribution in [2.45, 2.75) is 0 Å². The molecule has 0 unspecified atom stereocenters. The molecule has 5 heteroatoms. The zero-order chi connectivity index (χ0) is 14.8. The second-order valence-electron chi connectivity index (χ2n) is 4.46. The van der Waals surface area contributed by atoms with Crippen molar-refractivity contribution in [2.75, 3.05) is 0 Å². The Hall–Kier alpha value is -2.17. The number of thiocarbonyl (C=S) groups is 1. The molecule has 21 heavy (non-hydrogen) atoms. The Labute approximate surface area is 132 Å². The number of nitrogens with two attached hydrogens (primary N) is 1. The van der Waals surface area contributed by atoms with E-state index in [-0.39, 0.29) is 4.99 Å². The Morgan fingerprint density at radius 3 is 2.81 bits per heavy atom. The van der Waals surface area contributed by atoms with E-state index >= 15 is 0 Å². The van der Waals surface area contributed by atoms with Gasteiger partial charge in [0.25, 0.3) is 0 Å². The molecule has 1 aromatic heterocycles. The molecule has 104 valence electrons. The largest absolute Gasteiger partial charge is 0.456 e. The molecule has 0 aliphatic carbocycles. The Morgan fingerprint density at radius 2 is 2.00 bits per heavy atom. The number of benzene rings is 2. The van der Waals surface area contributed by atoms with Crippen molar-refractivity contribution in [1.82, 2.24) is 4.98 Å². The predicted molar refractivity (Wildman–Crippen MR) is 89.2 cm³/mol. The summed E-state index contributed by atoms with van der Waals surface area (Å²) in [6.07, 6.45) is 1.74. The van der Waals surface area contributed by atoms with Crippen LogP contribution in [0.15, 0.2) is 54.7 Å². The van der Waals surface area contributed by atoms with E-state index < -0.39 is 0 Å². The number of pyridine rings is 1. The summed E-state index contributed by atoms with van der Waals surface area (Å²) in [6, 6.07) is 14.7. The van der Waals surface area contributed by atoms with Gasteiger partial charge < -0.3 is 10.5 Å². The van der Waals surface area contributed by atoms with Gasteiger partial charge in [0.15, 0.2) is 0 Å². The summed E-state index contributed by atoms with van der Waals surface area (Å²) in [4.78, 5) is 4.57. The third-order valence-corrected chi connectivity index (χ3v) is 3.47. The average Bonchev–Trinajstić information content (AvgIpc) is 2.47. The van der Waals surface area contributed by atoms with Gasteiger partial charge in [0.2, 0.25) is 0 Å². The van der Waals surface area contributed by atoms with Crippen LogP contribution in [0.1, 0.15) is 5.56 Å². The number of fused-ring (bicyclic) bond motifs is 1. The Kier molecular flexibility index (Phi) is 3.73. The highest BCUT2D eigenvalue weighted by atomic mass is 35.5. The summed E-state index contributed by atoms with van der Waals surface area (Å²) < 4.78 is 5.87. The second kappa shape index (κ2) is 5.68. The number of halogens is 1. The van der Waals surface area contributed by atoms with Gasteiger partial charge in [0, 0.05) is 28.7 Å². The standard InChI is InChI=1S/C16H11ClN2OS/c17-11-4-6-13(16(18)21)15(8-11)20-12-5-3-10-2-1-7-19-14(10)9-12/h1-9H,(H2,18,21). The van der Waals surface area contributed by atoms with Gasteiger partial charge in [-0.15, -0.1) is 0 Å². The van der Waals surface area contributed by atoms with Crippen LogP contribution in [-0.2, 0) is 0 Å². The zero-order valence-electron chi connectivity index (χ0n) is 10.9. The minimum atomic E-state index is 0.264. The van der Waals surface area contributed by atoms with Crippen LogP contribution in [0.3, 0.4) is 0 Å². The normalized spacial score (nSPS) is 10.5. The van der Waals surface area contributed by atoms with Crippen LogP contribution >= 0.6 is 23.8 Å². The number of ether oxygens (including phenoxy) is 1. The van der Waals surface area contributed by atoms with Crippen molar-refractivity contribution in [3.63, 3.8) is 0 Å². The van der Waals surface area contributed by atoms with E-state index in [1.807, 2.05) is 30.3 Å². The van der Waals surface area contributed by atoms with Gasteiger partial charge in [-0.2, -0.15) is 0 Å². The lowest BCUT2D eigenvalue weighted by atomic mass is 10.2. The lowest BCUT2D eigenvalue weighted by Gasteiger charge is -2.11. The Morgan fingerprint density at radius 1 is 1.14 bits per heavy atom. The molecular formula is C16H11ClN2OS. The number of hydrogen-bond donors (Lipinski definition) is 1. The van der Waals surface area contributed by atoms with Crippen LogP contribution in [0.2, 0.25) is 5.02 Å². The quantitative estimate of drug-likeness (QED) is 0.732. The van der Waals surface area contributed by atoms with Gasteiger partial charge in [-0.05, 0) is 30.3 Å². The third-order valence-electron chi connectivity index (χ3n) is 3.01. The average molecular weight is 315 g/mol. The predicted octanol–water partition coefficient (Wildman–Crippen LogP) is 4.31. The summed E-state index contributed by atoms with van der Waals surface area (Å²) >= 11 is 11.0. The van der Waals surface area contributed by atoms with Crippen molar-refractivity contribution in [3.8, 4) is 11.5 Å². The van der Waals surface area contributed by atoms with E-state index in [4.69, 9.17) is 34.3 Å². The van der Waals surface area contributed by atoms with Crippen LogP contribution in [0.4, 0.5) is 0 Å². The highest BCUT2D eigenvalue weighted by molar-refractivity contribution is 7.80. The molecule has 0 radical (unpaired) electrons. The minimum Gasteiger partial charge on any atom is -0.456 e. The summed E-state index contributed by atoms with van der Waals surface area (Å²) in [5.74, 6) is 1.19. The number of aromatic nitrogens is 1. The van der Waals surface area contributed by atoms with Crippen molar-refractivity contribution in [2.24, 2.45) is 5.73 Å². The first kappa shape index (κ1) is 13.8. The fourth-order valence-corrected chi connectivity index (χ4v) is 2.35. The molecular weight excluding hydrogens is 304 g/mol. The second-order valence-corrected chi connectivity index (χ2v) is 5.34. The van der Waals surface area contributed by atoms with E-state index in [1.165, 1.54) is 0 Å². The van der Waals surface area contributed by atoms with Crippen LogP contribution in [0, 0.1) is 0 Å². The van der Waals surface area contributed by atoms with E-state index in [9.17, 15) is 0 Å². The van der Waals surface area contributed by atoms with Gasteiger partial charge in [-0.25, -0.2) is 0 Å². The van der Waals surface area contributed by atoms with Crippen molar-refractivity contribution < 1.29 is 4.74 Å². The van der Waals surface area contributed by atoms with E-state index in [2.05, 4.69) is 4.98 Å². The van der Waals surface area contributed by atoms with Crippen LogP contribution < -0.4 is 10.5 Å². The van der Waals surface area contributed by atoms with Crippen molar-refractivity contribution in [1.29, 1.82) is 0 Å². The smallest absolute Gasteiger partial charge is 0.139 e. The maximum absolute atomic E-state index is 6.01. The molecule has 0 saturated carbocycles. The fraction of sp³-hybridized carbons (Fsp3) is 0. The summed E-state index contributed by atoms with van der Waals surface area (Å²) in [5.41, 5.74) is 7.21. The van der Waals surface area contributed by atoms with Crippen LogP contribution in [-0.4, -0.2) is 9.97 Å². The molecule has 2 aromatic carbocycles. The molecule has 2 N–H and O–H groups in total. The third kappa shape index (κ3) is 2.96. The monoisotopic (exact) mass is 314 g/mol. The maximum atomic E-state index is 6.01. The van der Waals surface area contributed by atoms with Crippen LogP contribution in [0.5, 0.6) is 11.5 Å². The molecule has 3 rings (SSSR count). The highest BCUT2D eigenvalue weighted by Crippen LogP contribution is 2.29. The van der Waals surface area contributed by atoms with Gasteiger partial charge in [-0.1, -0.05) is 29.9 Å². The lowest BCUT2D eigenvalue weighted by Crippen LogP contribution is -2.10. The van der Waals surface area contributed by atoms with E-state index in [0.717, 1.165) is 10.9 Å². The minimum absolute atomic E-state index is 0.264. The Balaban J connectivity index is 2.02. The first-order valence-corrected chi connectivity index (χ1v) is 7.04. The molecule has 0 aliphatic heterocycles. The molecule has 0 saturated heterocycles. The molecule has 1 heterocycles. The molecule has 0 atom stereocenters. The summed E-state index contributed by atoms with van der Waals surface area (Å²) in [6.45, 7) is 0. The zero-order valence-corrected chi connectivity index (χ0v) is 12.5. The first-order chi connectivity index (χ1) is 10.1. The molecule has 0 spiro atoms. The van der Waals surface area contributed by atoms with Gasteiger partial charge in [0.05, 0.1) is 11.1 Å². The summed E-state index contributed by atoms with van der Waals surface area (Å²) in [7, 11) is 0. The van der Waals surface area contributed by atoms with E-state index in [1.54, 1.807) is 24.4 Å². The van der Waals surface area contributed by atoms with Gasteiger partial charge in [-0.3, -0.25) is 4.98 Å². The first-order valence-electron chi connectivity index (χ1n) is 6.25. The van der Waals surface area contributed by atoms with Crippen molar-refractivity contribution >= 4 is 39.7 Å². The van der Waals surface area contributed by atoms with Crippen LogP contribution in [0.25, 0.3) is 10.9 Å². The lowest BCUT2D eigenvalue weighted by molar-refractivity contribution is 0.482. The summed E-state index contributed by atoms with van der Waals surface area (Å²) in [5, 5.41) is 1.61. The maximum Gasteiger partial charge on any atom is 0.139 e. The molecule has 3 aromatic rings. The molecule has 0 fully saturated rings. The van der Waals surface area contributed by atoms with Gasteiger partial charge in [0.1, 0.15) is 16.5 Å². The fourth-order valence-electron chi connectivity index (χ4n) is 2.02. The molecule has 3 nitrogen and oxygen atoms in total.